The number of phenols is 1. The van der Waals surface area contributed by atoms with Crippen molar-refractivity contribution in [3.63, 3.8) is 0 Å². The molecule has 19 heavy (non-hydrogen) atoms. The Morgan fingerprint density at radius 1 is 1.37 bits per heavy atom. The third kappa shape index (κ3) is 2.53. The summed E-state index contributed by atoms with van der Waals surface area (Å²) in [4.78, 5) is 16.5. The van der Waals surface area contributed by atoms with E-state index in [-0.39, 0.29) is 5.75 Å². The number of carbonyl (C=O) groups excluding carboxylic acids is 1. The number of nitrogens with zero attached hydrogens (tertiary/aromatic N) is 1. The van der Waals surface area contributed by atoms with Crippen LogP contribution in [0.15, 0.2) is 18.2 Å². The highest BCUT2D eigenvalue weighted by Gasteiger charge is 2.17. The van der Waals surface area contributed by atoms with Gasteiger partial charge in [0.15, 0.2) is 17.2 Å². The molecule has 6 heteroatoms. The molecule has 2 aromatic rings. The predicted octanol–water partition coefficient (Wildman–Crippen LogP) is 2.62. The molecule has 0 aliphatic rings. The van der Waals surface area contributed by atoms with Crippen LogP contribution in [0.4, 0.5) is 0 Å². The summed E-state index contributed by atoms with van der Waals surface area (Å²) in [5.41, 5.74) is 1.03. The molecular formula is C13H13NO4S. The second-order valence-electron chi connectivity index (χ2n) is 3.80. The Hall–Kier alpha value is -2.08. The Morgan fingerprint density at radius 3 is 2.68 bits per heavy atom. The van der Waals surface area contributed by atoms with Gasteiger partial charge in [-0.2, -0.15) is 0 Å². The van der Waals surface area contributed by atoms with E-state index in [2.05, 4.69) is 9.72 Å². The number of rotatable bonds is 3. The molecule has 2 rings (SSSR count). The van der Waals surface area contributed by atoms with Gasteiger partial charge in [0.1, 0.15) is 5.01 Å². The lowest BCUT2D eigenvalue weighted by molar-refractivity contribution is 0.0594. The number of ether oxygens (including phenoxy) is 2. The first kappa shape index (κ1) is 13.4. The Kier molecular flexibility index (Phi) is 3.71. The van der Waals surface area contributed by atoms with Crippen LogP contribution >= 0.6 is 11.3 Å². The first-order chi connectivity index (χ1) is 9.06. The number of hydrogen-bond acceptors (Lipinski definition) is 6. The summed E-state index contributed by atoms with van der Waals surface area (Å²) < 4.78 is 9.64. The van der Waals surface area contributed by atoms with Crippen LogP contribution in [-0.2, 0) is 4.74 Å². The number of thiazole rings is 1. The van der Waals surface area contributed by atoms with Crippen LogP contribution in [0, 0.1) is 6.92 Å². The van der Waals surface area contributed by atoms with Gasteiger partial charge in [0.25, 0.3) is 0 Å². The van der Waals surface area contributed by atoms with Crippen molar-refractivity contribution in [2.45, 2.75) is 6.92 Å². The standard InChI is InChI=1S/C13H13NO4S/c1-7-11(13(16)18-3)14-12(19-7)8-4-5-10(17-2)9(15)6-8/h4-6,15H,1-3H3. The lowest BCUT2D eigenvalue weighted by atomic mass is 10.2. The predicted molar refractivity (Wildman–Crippen MR) is 71.8 cm³/mol. The summed E-state index contributed by atoms with van der Waals surface area (Å²) in [6.45, 7) is 1.80. The molecule has 0 aliphatic carbocycles. The monoisotopic (exact) mass is 279 g/mol. The Morgan fingerprint density at radius 2 is 2.11 bits per heavy atom. The number of aryl methyl sites for hydroxylation is 1. The minimum absolute atomic E-state index is 0.0347. The zero-order valence-electron chi connectivity index (χ0n) is 10.8. The third-order valence-electron chi connectivity index (χ3n) is 2.60. The Labute approximate surface area is 114 Å². The molecule has 1 aromatic carbocycles. The van der Waals surface area contributed by atoms with Crippen molar-refractivity contribution >= 4 is 17.3 Å². The maximum atomic E-state index is 11.5. The molecule has 100 valence electrons. The van der Waals surface area contributed by atoms with Crippen LogP contribution in [0.3, 0.4) is 0 Å². The maximum Gasteiger partial charge on any atom is 0.357 e. The van der Waals surface area contributed by atoms with Crippen LogP contribution in [0.2, 0.25) is 0 Å². The van der Waals surface area contributed by atoms with E-state index in [0.717, 1.165) is 10.4 Å². The summed E-state index contributed by atoms with van der Waals surface area (Å²) in [7, 11) is 2.80. The highest BCUT2D eigenvalue weighted by atomic mass is 32.1. The smallest absolute Gasteiger partial charge is 0.357 e. The second-order valence-corrected chi connectivity index (χ2v) is 5.01. The summed E-state index contributed by atoms with van der Waals surface area (Å²) in [6.07, 6.45) is 0. The van der Waals surface area contributed by atoms with E-state index in [1.807, 2.05) is 0 Å². The number of aromatic nitrogens is 1. The molecule has 0 saturated heterocycles. The van der Waals surface area contributed by atoms with Crippen LogP contribution in [0.5, 0.6) is 11.5 Å². The van der Waals surface area contributed by atoms with Gasteiger partial charge in [0.2, 0.25) is 0 Å². The summed E-state index contributed by atoms with van der Waals surface area (Å²) >= 11 is 1.37. The van der Waals surface area contributed by atoms with Crippen molar-refractivity contribution in [2.75, 3.05) is 14.2 Å². The first-order valence-corrected chi connectivity index (χ1v) is 6.31. The maximum absolute atomic E-state index is 11.5. The van der Waals surface area contributed by atoms with E-state index in [4.69, 9.17) is 4.74 Å². The number of carbonyl (C=O) groups is 1. The number of phenolic OH excluding ortho intramolecular Hbond substituents is 1. The zero-order chi connectivity index (χ0) is 14.0. The fourth-order valence-corrected chi connectivity index (χ4v) is 2.53. The molecule has 1 aromatic heterocycles. The van der Waals surface area contributed by atoms with E-state index in [0.29, 0.717) is 16.5 Å². The lowest BCUT2D eigenvalue weighted by Gasteiger charge is -2.03. The number of benzene rings is 1. The molecule has 1 heterocycles. The van der Waals surface area contributed by atoms with Gasteiger partial charge >= 0.3 is 5.97 Å². The van der Waals surface area contributed by atoms with Crippen LogP contribution < -0.4 is 4.74 Å². The molecule has 0 aliphatic heterocycles. The third-order valence-corrected chi connectivity index (χ3v) is 3.62. The first-order valence-electron chi connectivity index (χ1n) is 5.50. The van der Waals surface area contributed by atoms with Crippen molar-refractivity contribution in [1.82, 2.24) is 4.98 Å². The molecule has 0 bridgehead atoms. The van der Waals surface area contributed by atoms with Crippen molar-refractivity contribution in [3.05, 3.63) is 28.8 Å². The topological polar surface area (TPSA) is 68.7 Å². The molecule has 0 fully saturated rings. The van der Waals surface area contributed by atoms with Gasteiger partial charge in [-0.3, -0.25) is 0 Å². The molecule has 0 amide bonds. The van der Waals surface area contributed by atoms with Crippen LogP contribution in [0.25, 0.3) is 10.6 Å². The normalized spacial score (nSPS) is 10.3. The highest BCUT2D eigenvalue weighted by Crippen LogP contribution is 2.34. The number of aromatic hydroxyl groups is 1. The molecule has 0 radical (unpaired) electrons. The van der Waals surface area contributed by atoms with Crippen molar-refractivity contribution < 1.29 is 19.4 Å². The highest BCUT2D eigenvalue weighted by molar-refractivity contribution is 7.15. The second kappa shape index (κ2) is 5.27. The van der Waals surface area contributed by atoms with Crippen LogP contribution in [0.1, 0.15) is 15.4 Å². The summed E-state index contributed by atoms with van der Waals surface area (Å²) in [5, 5.41) is 10.4. The SMILES string of the molecule is COC(=O)c1nc(-c2ccc(OC)c(O)c2)sc1C. The quantitative estimate of drug-likeness (QED) is 0.875. The average Bonchev–Trinajstić information content (AvgIpc) is 2.80. The van der Waals surface area contributed by atoms with Gasteiger partial charge in [-0.25, -0.2) is 9.78 Å². The zero-order valence-corrected chi connectivity index (χ0v) is 11.6. The fourth-order valence-electron chi connectivity index (χ4n) is 1.63. The van der Waals surface area contributed by atoms with Gasteiger partial charge in [0.05, 0.1) is 14.2 Å². The molecular weight excluding hydrogens is 266 g/mol. The molecule has 0 atom stereocenters. The van der Waals surface area contributed by atoms with Crippen LogP contribution in [-0.4, -0.2) is 30.3 Å². The van der Waals surface area contributed by atoms with Gasteiger partial charge < -0.3 is 14.6 Å². The van der Waals surface area contributed by atoms with E-state index in [9.17, 15) is 9.90 Å². The molecule has 0 spiro atoms. The van der Waals surface area contributed by atoms with Gasteiger partial charge in [-0.05, 0) is 25.1 Å². The summed E-state index contributed by atoms with van der Waals surface area (Å²) in [6, 6.07) is 4.98. The summed E-state index contributed by atoms with van der Waals surface area (Å²) in [5.74, 6) is -0.0320. The van der Waals surface area contributed by atoms with Crippen molar-refractivity contribution in [3.8, 4) is 22.1 Å². The van der Waals surface area contributed by atoms with E-state index in [1.165, 1.54) is 25.6 Å². The average molecular weight is 279 g/mol. The van der Waals surface area contributed by atoms with E-state index in [1.54, 1.807) is 25.1 Å². The molecule has 1 N–H and O–H groups in total. The van der Waals surface area contributed by atoms with Crippen molar-refractivity contribution in [2.24, 2.45) is 0 Å². The fraction of sp³-hybridized carbons (Fsp3) is 0.231. The lowest BCUT2D eigenvalue weighted by Crippen LogP contribution is -2.03. The van der Waals surface area contributed by atoms with Gasteiger partial charge in [0, 0.05) is 10.4 Å². The Bertz CT molecular complexity index is 621. The molecule has 0 unspecified atom stereocenters. The molecule has 5 nitrogen and oxygen atoms in total. The molecule has 0 saturated carbocycles. The number of hydrogen-bond donors (Lipinski definition) is 1. The minimum Gasteiger partial charge on any atom is -0.504 e. The van der Waals surface area contributed by atoms with Crippen molar-refractivity contribution in [1.29, 1.82) is 0 Å². The number of esters is 1. The minimum atomic E-state index is -0.460. The Balaban J connectivity index is 2.42. The largest absolute Gasteiger partial charge is 0.504 e. The number of methoxy groups -OCH3 is 2. The van der Waals surface area contributed by atoms with Gasteiger partial charge in [-0.1, -0.05) is 0 Å². The van der Waals surface area contributed by atoms with E-state index >= 15 is 0 Å². The van der Waals surface area contributed by atoms with Gasteiger partial charge in [-0.15, -0.1) is 11.3 Å². The van der Waals surface area contributed by atoms with E-state index < -0.39 is 5.97 Å².